The molecule has 0 aliphatic heterocycles. The van der Waals surface area contributed by atoms with Gasteiger partial charge in [-0.1, -0.05) is 0 Å². The zero-order valence-electron chi connectivity index (χ0n) is 3.47. The van der Waals surface area contributed by atoms with Gasteiger partial charge in [0.15, 0.2) is 0 Å². The Morgan fingerprint density at radius 1 is 2.00 bits per heavy atom. The predicted molar refractivity (Wildman–Crippen MR) is 24.1 cm³/mol. The molecule has 0 rings (SSSR count). The van der Waals surface area contributed by atoms with Gasteiger partial charge in [-0.25, -0.2) is 0 Å². The Kier molecular flexibility index (Phi) is 3.60. The molecule has 0 aromatic carbocycles. The molecule has 0 unspecified atom stereocenters. The summed E-state index contributed by atoms with van der Waals surface area (Å²) in [6, 6.07) is 0. The Balaban J connectivity index is 2.83. The van der Waals surface area contributed by atoms with Gasteiger partial charge in [-0.2, -0.15) is 0 Å². The molecule has 0 aromatic rings. The van der Waals surface area contributed by atoms with Crippen molar-refractivity contribution < 1.29 is 9.90 Å². The van der Waals surface area contributed by atoms with Crippen molar-refractivity contribution in [3.8, 4) is 0 Å². The van der Waals surface area contributed by atoms with Crippen molar-refractivity contribution in [2.24, 2.45) is 0 Å². The molecule has 0 heterocycles. The van der Waals surface area contributed by atoms with Crippen molar-refractivity contribution in [2.75, 3.05) is 0 Å². The second-order valence-electron chi connectivity index (χ2n) is 0.827. The van der Waals surface area contributed by atoms with Gasteiger partial charge in [-0.3, -0.25) is 0 Å². The van der Waals surface area contributed by atoms with Gasteiger partial charge in [0.2, 0.25) is 0 Å². The monoisotopic (exact) mass is 204 g/mol. The van der Waals surface area contributed by atoms with Crippen LogP contribution in [0.2, 0.25) is 9.44 Å². The van der Waals surface area contributed by atoms with E-state index in [1.54, 1.807) is 0 Å². The number of aliphatic carboxylic acids is 1. The number of hydrogen-bond acceptors (Lipinski definition) is 1. The van der Waals surface area contributed by atoms with E-state index in [1.165, 1.54) is 0 Å². The van der Waals surface area contributed by atoms with Crippen LogP contribution in [-0.4, -0.2) is 32.0 Å². The third-order valence-corrected chi connectivity index (χ3v) is 1.80. The molecule has 0 bridgehead atoms. The summed E-state index contributed by atoms with van der Waals surface area (Å²) in [7, 11) is 0. The van der Waals surface area contributed by atoms with Crippen molar-refractivity contribution in [3.05, 3.63) is 0 Å². The van der Waals surface area contributed by atoms with E-state index in [2.05, 4.69) is 0 Å². The molecule has 0 fully saturated rings. The molecule has 0 spiro atoms. The number of rotatable bonds is 2. The van der Waals surface area contributed by atoms with E-state index in [-0.39, 0.29) is 20.9 Å². The fourth-order valence-corrected chi connectivity index (χ4v) is 0.828. The number of hydrogen-bond donors (Lipinski definition) is 1. The van der Waals surface area contributed by atoms with Crippen molar-refractivity contribution >= 4 is 26.9 Å². The topological polar surface area (TPSA) is 37.3 Å². The van der Waals surface area contributed by atoms with Crippen LogP contribution in [0.15, 0.2) is 0 Å². The van der Waals surface area contributed by atoms with Gasteiger partial charge in [0.1, 0.15) is 0 Å². The van der Waals surface area contributed by atoms with E-state index in [0.717, 1.165) is 0 Å². The third-order valence-electron chi connectivity index (χ3n) is 0.268. The van der Waals surface area contributed by atoms with Gasteiger partial charge < -0.3 is 0 Å². The van der Waals surface area contributed by atoms with Crippen LogP contribution >= 0.6 is 0 Å². The molecule has 0 aliphatic rings. The van der Waals surface area contributed by atoms with Crippen LogP contribution in [0.25, 0.3) is 0 Å². The molecule has 0 atom stereocenters. The molecule has 0 aromatic heterocycles. The standard InChI is InChI=1S/C3H6O2Te/c1-6-2-3(4)5/h2H2,1H3,(H,4,5). The maximum atomic E-state index is 9.63. The van der Waals surface area contributed by atoms with Crippen LogP contribution in [0.4, 0.5) is 0 Å². The summed E-state index contributed by atoms with van der Waals surface area (Å²) in [6.45, 7) is 0. The molecule has 36 valence electrons. The van der Waals surface area contributed by atoms with Crippen LogP contribution in [0.5, 0.6) is 0 Å². The van der Waals surface area contributed by atoms with E-state index in [0.29, 0.717) is 4.47 Å². The van der Waals surface area contributed by atoms with Crippen LogP contribution in [0.1, 0.15) is 0 Å². The number of carbonyl (C=O) groups is 1. The minimum absolute atomic E-state index is 0.171. The molecule has 6 heavy (non-hydrogen) atoms. The second kappa shape index (κ2) is 3.45. The average molecular weight is 202 g/mol. The molecule has 2 nitrogen and oxygen atoms in total. The van der Waals surface area contributed by atoms with Gasteiger partial charge in [0, 0.05) is 0 Å². The zero-order chi connectivity index (χ0) is 4.99. The van der Waals surface area contributed by atoms with E-state index in [9.17, 15) is 4.79 Å². The molecular weight excluding hydrogens is 196 g/mol. The fraction of sp³-hybridized carbons (Fsp3) is 0.667. The molecule has 0 aliphatic carbocycles. The fourth-order valence-electron chi connectivity index (χ4n) is 0.123. The molecule has 3 heteroatoms. The second-order valence-corrected chi connectivity index (χ2v) is 3.30. The van der Waals surface area contributed by atoms with Crippen molar-refractivity contribution in [1.82, 2.24) is 0 Å². The van der Waals surface area contributed by atoms with Gasteiger partial charge >= 0.3 is 46.2 Å². The Morgan fingerprint density at radius 3 is 2.50 bits per heavy atom. The summed E-state index contributed by atoms with van der Waals surface area (Å²) in [4.78, 5) is 11.6. The molecular formula is C3H6O2Te. The summed E-state index contributed by atoms with van der Waals surface area (Å²) in [6.07, 6.45) is 0. The van der Waals surface area contributed by atoms with Crippen LogP contribution in [-0.2, 0) is 4.79 Å². The van der Waals surface area contributed by atoms with E-state index < -0.39 is 5.97 Å². The van der Waals surface area contributed by atoms with Crippen LogP contribution in [0, 0.1) is 0 Å². The molecule has 0 amide bonds. The van der Waals surface area contributed by atoms with Crippen LogP contribution < -0.4 is 0 Å². The Morgan fingerprint density at radius 2 is 2.50 bits per heavy atom. The quantitative estimate of drug-likeness (QED) is 0.650. The first kappa shape index (κ1) is 6.26. The van der Waals surface area contributed by atoms with E-state index in [1.807, 2.05) is 4.97 Å². The Bertz CT molecular complexity index is 52.8. The van der Waals surface area contributed by atoms with Gasteiger partial charge in [0.05, 0.1) is 0 Å². The summed E-state index contributed by atoms with van der Waals surface area (Å²) in [5.74, 6) is -0.653. The summed E-state index contributed by atoms with van der Waals surface area (Å²) in [5.41, 5.74) is 0. The number of carboxylic acids is 1. The van der Waals surface area contributed by atoms with Crippen molar-refractivity contribution in [2.45, 2.75) is 9.44 Å². The minimum atomic E-state index is -0.653. The first-order chi connectivity index (χ1) is 2.77. The molecule has 1 N–H and O–H groups in total. The van der Waals surface area contributed by atoms with Crippen molar-refractivity contribution in [3.63, 3.8) is 0 Å². The SMILES string of the molecule is C[Te]CC(=O)O. The van der Waals surface area contributed by atoms with Gasteiger partial charge in [0.25, 0.3) is 0 Å². The molecule has 0 radical (unpaired) electrons. The maximum absolute atomic E-state index is 9.63. The van der Waals surface area contributed by atoms with Crippen molar-refractivity contribution in [1.29, 1.82) is 0 Å². The van der Waals surface area contributed by atoms with Gasteiger partial charge in [-0.05, 0) is 0 Å². The first-order valence-electron chi connectivity index (χ1n) is 1.48. The summed E-state index contributed by atoms with van der Waals surface area (Å²) in [5, 5.41) is 7.95. The third kappa shape index (κ3) is 4.26. The zero-order valence-corrected chi connectivity index (χ0v) is 5.80. The van der Waals surface area contributed by atoms with E-state index >= 15 is 0 Å². The first-order valence-corrected chi connectivity index (χ1v) is 5.46. The Labute approximate surface area is 46.6 Å². The summed E-state index contributed by atoms with van der Waals surface area (Å²) < 4.78 is 0.422. The van der Waals surface area contributed by atoms with Crippen LogP contribution in [0.3, 0.4) is 0 Å². The predicted octanol–water partition coefficient (Wildman–Crippen LogP) is 0.242. The average Bonchev–Trinajstić information content (AvgIpc) is 1.35. The molecule has 0 saturated carbocycles. The summed E-state index contributed by atoms with van der Waals surface area (Å²) >= 11 is -0.171. The van der Waals surface area contributed by atoms with Gasteiger partial charge in [-0.15, -0.1) is 0 Å². The number of carboxylic acid groups (broad SMARTS) is 1. The molecule has 0 saturated heterocycles. The van der Waals surface area contributed by atoms with E-state index in [4.69, 9.17) is 5.11 Å². The normalized spacial score (nSPS) is 8.17. The Hall–Kier alpha value is 0.260.